The molecule has 2 N–H and O–H groups in total. The van der Waals surface area contributed by atoms with Crippen LogP contribution in [0.2, 0.25) is 0 Å². The van der Waals surface area contributed by atoms with E-state index >= 15 is 0 Å². The Labute approximate surface area is 156 Å². The van der Waals surface area contributed by atoms with Gasteiger partial charge in [-0.3, -0.25) is 9.36 Å². The number of hydrogen-bond acceptors (Lipinski definition) is 4. The zero-order valence-corrected chi connectivity index (χ0v) is 15.4. The second kappa shape index (κ2) is 7.25. The van der Waals surface area contributed by atoms with Crippen molar-refractivity contribution >= 4 is 21.8 Å². The Balaban J connectivity index is 1.45. The van der Waals surface area contributed by atoms with Crippen molar-refractivity contribution in [2.24, 2.45) is 0 Å². The molecule has 2 aromatic heterocycles. The lowest BCUT2D eigenvalue weighted by Gasteiger charge is -2.15. The molecule has 2 aromatic carbocycles. The molecule has 0 spiro atoms. The highest BCUT2D eigenvalue weighted by Crippen LogP contribution is 2.21. The predicted molar refractivity (Wildman–Crippen MR) is 107 cm³/mol. The van der Waals surface area contributed by atoms with Gasteiger partial charge in [0.2, 0.25) is 0 Å². The first kappa shape index (κ1) is 17.3. The smallest absolute Gasteiger partial charge is 0.261 e. The number of aromatic amines is 1. The minimum Gasteiger partial charge on any atom is -0.497 e. The van der Waals surface area contributed by atoms with Gasteiger partial charge in [0, 0.05) is 35.7 Å². The van der Waals surface area contributed by atoms with Crippen LogP contribution in [0.4, 0.5) is 0 Å². The van der Waals surface area contributed by atoms with E-state index in [1.807, 2.05) is 42.5 Å². The average Bonchev–Trinajstić information content (AvgIpc) is 3.11. The molecule has 0 saturated heterocycles. The van der Waals surface area contributed by atoms with Gasteiger partial charge in [0.05, 0.1) is 24.3 Å². The maximum Gasteiger partial charge on any atom is 0.261 e. The van der Waals surface area contributed by atoms with Crippen molar-refractivity contribution in [3.05, 3.63) is 70.9 Å². The summed E-state index contributed by atoms with van der Waals surface area (Å²) in [5.41, 5.74) is 2.89. The first-order valence-corrected chi connectivity index (χ1v) is 8.97. The van der Waals surface area contributed by atoms with Crippen LogP contribution in [0.3, 0.4) is 0 Å². The molecule has 0 radical (unpaired) electrons. The summed E-state index contributed by atoms with van der Waals surface area (Å²) >= 11 is 0. The number of H-pyrrole nitrogens is 1. The number of methoxy groups -OCH3 is 1. The van der Waals surface area contributed by atoms with Crippen molar-refractivity contribution in [1.82, 2.24) is 19.9 Å². The van der Waals surface area contributed by atoms with Crippen molar-refractivity contribution < 1.29 is 4.74 Å². The van der Waals surface area contributed by atoms with E-state index in [-0.39, 0.29) is 11.6 Å². The van der Waals surface area contributed by atoms with E-state index in [2.05, 4.69) is 28.3 Å². The van der Waals surface area contributed by atoms with Crippen LogP contribution in [0.15, 0.2) is 59.7 Å². The Morgan fingerprint density at radius 2 is 2.07 bits per heavy atom. The number of nitrogens with zero attached hydrogens (tertiary/aromatic N) is 2. The summed E-state index contributed by atoms with van der Waals surface area (Å²) < 4.78 is 6.93. The van der Waals surface area contributed by atoms with Crippen LogP contribution in [0.1, 0.15) is 12.6 Å². The maximum atomic E-state index is 12.6. The highest BCUT2D eigenvalue weighted by Gasteiger charge is 2.09. The first-order valence-electron chi connectivity index (χ1n) is 8.97. The fourth-order valence-electron chi connectivity index (χ4n) is 3.27. The minimum absolute atomic E-state index is 0.00745. The summed E-state index contributed by atoms with van der Waals surface area (Å²) in [6.45, 7) is 3.31. The Kier molecular flexibility index (Phi) is 4.64. The number of rotatable bonds is 6. The topological polar surface area (TPSA) is 71.9 Å². The SMILES string of the molecule is COc1ccc2[nH]c(CN[C@@H](C)Cn3cnc4ccccc4c3=O)cc2c1. The van der Waals surface area contributed by atoms with Gasteiger partial charge in [-0.15, -0.1) is 0 Å². The van der Waals surface area contributed by atoms with Gasteiger partial charge in [0.15, 0.2) is 0 Å². The van der Waals surface area contributed by atoms with Gasteiger partial charge in [0.25, 0.3) is 5.56 Å². The summed E-state index contributed by atoms with van der Waals surface area (Å²) in [7, 11) is 1.67. The molecule has 0 fully saturated rings. The summed E-state index contributed by atoms with van der Waals surface area (Å²) in [5, 5.41) is 5.23. The van der Waals surface area contributed by atoms with Gasteiger partial charge >= 0.3 is 0 Å². The van der Waals surface area contributed by atoms with Gasteiger partial charge in [-0.1, -0.05) is 12.1 Å². The van der Waals surface area contributed by atoms with Gasteiger partial charge < -0.3 is 15.0 Å². The van der Waals surface area contributed by atoms with Crippen molar-refractivity contribution in [2.45, 2.75) is 26.1 Å². The number of ether oxygens (including phenoxy) is 1. The lowest BCUT2D eigenvalue weighted by atomic mass is 10.2. The monoisotopic (exact) mass is 362 g/mol. The highest BCUT2D eigenvalue weighted by atomic mass is 16.5. The summed E-state index contributed by atoms with van der Waals surface area (Å²) in [6.07, 6.45) is 1.62. The fraction of sp³-hybridized carbons (Fsp3) is 0.238. The molecule has 0 aliphatic heterocycles. The Morgan fingerprint density at radius 1 is 1.22 bits per heavy atom. The van der Waals surface area contributed by atoms with E-state index in [0.29, 0.717) is 18.5 Å². The van der Waals surface area contributed by atoms with E-state index in [9.17, 15) is 4.79 Å². The number of aromatic nitrogens is 3. The molecular weight excluding hydrogens is 340 g/mol. The third-order valence-corrected chi connectivity index (χ3v) is 4.73. The lowest BCUT2D eigenvalue weighted by molar-refractivity contribution is 0.415. The van der Waals surface area contributed by atoms with Gasteiger partial charge in [-0.25, -0.2) is 4.98 Å². The van der Waals surface area contributed by atoms with E-state index in [1.54, 1.807) is 18.0 Å². The molecule has 6 nitrogen and oxygen atoms in total. The molecule has 6 heteroatoms. The molecule has 0 aliphatic carbocycles. The summed E-state index contributed by atoms with van der Waals surface area (Å²) in [5.74, 6) is 0.845. The molecule has 4 aromatic rings. The first-order chi connectivity index (χ1) is 13.1. The molecule has 2 heterocycles. The Morgan fingerprint density at radius 3 is 2.93 bits per heavy atom. The summed E-state index contributed by atoms with van der Waals surface area (Å²) in [6, 6.07) is 15.6. The number of nitrogens with one attached hydrogen (secondary N) is 2. The second-order valence-electron chi connectivity index (χ2n) is 6.75. The molecular formula is C21H22N4O2. The van der Waals surface area contributed by atoms with E-state index in [0.717, 1.165) is 27.9 Å². The molecule has 0 unspecified atom stereocenters. The van der Waals surface area contributed by atoms with Crippen molar-refractivity contribution in [3.8, 4) is 5.75 Å². The molecule has 4 rings (SSSR count). The molecule has 1 atom stereocenters. The van der Waals surface area contributed by atoms with Crippen LogP contribution in [-0.2, 0) is 13.1 Å². The second-order valence-corrected chi connectivity index (χ2v) is 6.75. The maximum absolute atomic E-state index is 12.6. The third-order valence-electron chi connectivity index (χ3n) is 4.73. The molecule has 138 valence electrons. The average molecular weight is 362 g/mol. The van der Waals surface area contributed by atoms with Crippen molar-refractivity contribution in [3.63, 3.8) is 0 Å². The number of hydrogen-bond donors (Lipinski definition) is 2. The third kappa shape index (κ3) is 3.57. The Bertz CT molecular complexity index is 1150. The van der Waals surface area contributed by atoms with Crippen LogP contribution in [-0.4, -0.2) is 27.7 Å². The number of para-hydroxylation sites is 1. The highest BCUT2D eigenvalue weighted by molar-refractivity contribution is 5.82. The number of benzene rings is 2. The largest absolute Gasteiger partial charge is 0.497 e. The van der Waals surface area contributed by atoms with E-state index in [1.165, 1.54) is 0 Å². The quantitative estimate of drug-likeness (QED) is 0.553. The molecule has 0 saturated carbocycles. The van der Waals surface area contributed by atoms with E-state index in [4.69, 9.17) is 4.74 Å². The molecule has 0 bridgehead atoms. The molecule has 0 aliphatic rings. The van der Waals surface area contributed by atoms with E-state index < -0.39 is 0 Å². The van der Waals surface area contributed by atoms with Crippen LogP contribution in [0.5, 0.6) is 5.75 Å². The lowest BCUT2D eigenvalue weighted by Crippen LogP contribution is -2.34. The van der Waals surface area contributed by atoms with Crippen LogP contribution >= 0.6 is 0 Å². The van der Waals surface area contributed by atoms with Crippen LogP contribution < -0.4 is 15.6 Å². The van der Waals surface area contributed by atoms with Crippen molar-refractivity contribution in [1.29, 1.82) is 0 Å². The minimum atomic E-state index is -0.00745. The van der Waals surface area contributed by atoms with Gasteiger partial charge in [-0.05, 0) is 43.3 Å². The normalized spacial score (nSPS) is 12.5. The molecule has 0 amide bonds. The zero-order valence-electron chi connectivity index (χ0n) is 15.4. The van der Waals surface area contributed by atoms with Crippen LogP contribution in [0, 0.1) is 0 Å². The van der Waals surface area contributed by atoms with Crippen LogP contribution in [0.25, 0.3) is 21.8 Å². The van der Waals surface area contributed by atoms with Gasteiger partial charge in [0.1, 0.15) is 5.75 Å². The zero-order chi connectivity index (χ0) is 18.8. The molecule has 27 heavy (non-hydrogen) atoms. The fourth-order valence-corrected chi connectivity index (χ4v) is 3.27. The number of fused-ring (bicyclic) bond motifs is 2. The Hall–Kier alpha value is -3.12. The van der Waals surface area contributed by atoms with Gasteiger partial charge in [-0.2, -0.15) is 0 Å². The summed E-state index contributed by atoms with van der Waals surface area (Å²) in [4.78, 5) is 20.4. The standard InChI is InChI=1S/C21H22N4O2/c1-14(12-25-13-23-20-6-4-3-5-18(20)21(25)26)22-11-16-9-15-10-17(27-2)7-8-19(15)24-16/h3-10,13-14,22,24H,11-12H2,1-2H3/t14-/m0/s1. The predicted octanol–water partition coefficient (Wildman–Crippen LogP) is 3.06. The van der Waals surface area contributed by atoms with Crippen molar-refractivity contribution in [2.75, 3.05) is 7.11 Å².